The van der Waals surface area contributed by atoms with Gasteiger partial charge in [0.05, 0.1) is 10.2 Å². The maximum absolute atomic E-state index is 13.0. The number of anilines is 1. The minimum Gasteiger partial charge on any atom is -0.485 e. The largest absolute Gasteiger partial charge is 0.485 e. The van der Waals surface area contributed by atoms with Gasteiger partial charge in [0, 0.05) is 20.8 Å². The Morgan fingerprint density at radius 1 is 1.29 bits per heavy atom. The van der Waals surface area contributed by atoms with E-state index in [1.807, 2.05) is 11.4 Å². The van der Waals surface area contributed by atoms with E-state index in [0.29, 0.717) is 16.8 Å². The number of ether oxygens (including phenoxy) is 1. The van der Waals surface area contributed by atoms with Gasteiger partial charge >= 0.3 is 0 Å². The van der Waals surface area contributed by atoms with Crippen LogP contribution in [-0.2, 0) is 6.61 Å². The third-order valence-electron chi connectivity index (χ3n) is 2.02. The van der Waals surface area contributed by atoms with Gasteiger partial charge in [-0.15, -0.1) is 11.3 Å². The van der Waals surface area contributed by atoms with Crippen molar-refractivity contribution < 1.29 is 9.13 Å². The Bertz CT molecular complexity index is 521. The van der Waals surface area contributed by atoms with Crippen molar-refractivity contribution in [2.75, 3.05) is 5.73 Å². The molecular formula is C11H8Br2FNOS. The van der Waals surface area contributed by atoms with Gasteiger partial charge in [-0.1, -0.05) is 0 Å². The fraction of sp³-hybridized carbons (Fsp3) is 0.0909. The molecule has 2 rings (SSSR count). The quantitative estimate of drug-likeness (QED) is 0.791. The highest BCUT2D eigenvalue weighted by Gasteiger charge is 2.09. The van der Waals surface area contributed by atoms with E-state index in [9.17, 15) is 4.39 Å². The minimum atomic E-state index is -0.388. The summed E-state index contributed by atoms with van der Waals surface area (Å²) >= 11 is 8.18. The fourth-order valence-electron chi connectivity index (χ4n) is 1.31. The number of rotatable bonds is 3. The number of benzene rings is 1. The molecule has 0 radical (unpaired) electrons. The highest BCUT2D eigenvalue weighted by atomic mass is 79.9. The molecule has 0 aliphatic heterocycles. The number of thiophene rings is 1. The zero-order valence-electron chi connectivity index (χ0n) is 8.54. The Kier molecular flexibility index (Phi) is 4.06. The second-order valence-electron chi connectivity index (χ2n) is 3.33. The first-order valence-corrected chi connectivity index (χ1v) is 7.13. The molecule has 0 fully saturated rings. The van der Waals surface area contributed by atoms with Crippen molar-refractivity contribution >= 4 is 48.9 Å². The second-order valence-corrected chi connectivity index (χ2v) is 6.09. The monoisotopic (exact) mass is 379 g/mol. The van der Waals surface area contributed by atoms with Gasteiger partial charge in [0.1, 0.15) is 12.4 Å². The van der Waals surface area contributed by atoms with E-state index in [2.05, 4.69) is 31.9 Å². The van der Waals surface area contributed by atoms with Gasteiger partial charge < -0.3 is 10.5 Å². The molecular weight excluding hydrogens is 373 g/mol. The standard InChI is InChI=1S/C11H8Br2FNOS/c12-6-1-8(17-5-6)4-16-11-9(13)2-7(14)3-10(11)15/h1-3,5H,4,15H2. The van der Waals surface area contributed by atoms with E-state index >= 15 is 0 Å². The van der Waals surface area contributed by atoms with E-state index in [4.69, 9.17) is 10.5 Å². The average Bonchev–Trinajstić information content (AvgIpc) is 2.62. The molecule has 0 saturated carbocycles. The van der Waals surface area contributed by atoms with E-state index < -0.39 is 0 Å². The van der Waals surface area contributed by atoms with Crippen LogP contribution in [0.3, 0.4) is 0 Å². The van der Waals surface area contributed by atoms with Gasteiger partial charge in [0.25, 0.3) is 0 Å². The normalized spacial score (nSPS) is 10.5. The molecule has 2 N–H and O–H groups in total. The van der Waals surface area contributed by atoms with Gasteiger partial charge in [0.2, 0.25) is 0 Å². The van der Waals surface area contributed by atoms with Crippen LogP contribution in [0, 0.1) is 5.82 Å². The predicted octanol–water partition coefficient (Wildman–Crippen LogP) is 4.57. The number of nitrogen functional groups attached to an aromatic ring is 1. The molecule has 1 aromatic carbocycles. The van der Waals surface area contributed by atoms with Gasteiger partial charge in [-0.05, 0) is 44.0 Å². The van der Waals surface area contributed by atoms with E-state index in [-0.39, 0.29) is 11.5 Å². The number of halogens is 3. The molecule has 0 unspecified atom stereocenters. The smallest absolute Gasteiger partial charge is 0.157 e. The minimum absolute atomic E-state index is 0.285. The maximum Gasteiger partial charge on any atom is 0.157 e. The van der Waals surface area contributed by atoms with Crippen LogP contribution >= 0.6 is 43.2 Å². The van der Waals surface area contributed by atoms with Crippen LogP contribution in [0.4, 0.5) is 10.1 Å². The van der Waals surface area contributed by atoms with Crippen LogP contribution in [-0.4, -0.2) is 0 Å². The molecule has 17 heavy (non-hydrogen) atoms. The number of hydrogen-bond donors (Lipinski definition) is 1. The van der Waals surface area contributed by atoms with Crippen LogP contribution in [0.1, 0.15) is 4.88 Å². The highest BCUT2D eigenvalue weighted by molar-refractivity contribution is 9.10. The fourth-order valence-corrected chi connectivity index (χ4v) is 3.23. The molecule has 0 spiro atoms. The summed E-state index contributed by atoms with van der Waals surface area (Å²) in [5.74, 6) is 0.0801. The molecule has 0 aliphatic carbocycles. The molecule has 0 saturated heterocycles. The Morgan fingerprint density at radius 3 is 2.65 bits per heavy atom. The molecule has 2 nitrogen and oxygen atoms in total. The highest BCUT2D eigenvalue weighted by Crippen LogP contribution is 2.33. The van der Waals surface area contributed by atoms with Gasteiger partial charge in [-0.2, -0.15) is 0 Å². The molecule has 0 atom stereocenters. The Hall–Kier alpha value is -0.590. The summed E-state index contributed by atoms with van der Waals surface area (Å²) in [6.45, 7) is 0.407. The molecule has 1 aromatic heterocycles. The van der Waals surface area contributed by atoms with Crippen molar-refractivity contribution in [1.82, 2.24) is 0 Å². The zero-order chi connectivity index (χ0) is 12.4. The third-order valence-corrected chi connectivity index (χ3v) is 4.28. The zero-order valence-corrected chi connectivity index (χ0v) is 12.5. The lowest BCUT2D eigenvalue weighted by molar-refractivity contribution is 0.309. The predicted molar refractivity (Wildman–Crippen MR) is 74.9 cm³/mol. The maximum atomic E-state index is 13.0. The molecule has 90 valence electrons. The van der Waals surface area contributed by atoms with Crippen LogP contribution in [0.25, 0.3) is 0 Å². The van der Waals surface area contributed by atoms with E-state index in [1.54, 1.807) is 11.3 Å². The number of nitrogens with two attached hydrogens (primary N) is 1. The van der Waals surface area contributed by atoms with Gasteiger partial charge in [-0.3, -0.25) is 0 Å². The van der Waals surface area contributed by atoms with Crippen LogP contribution in [0.15, 0.2) is 32.5 Å². The van der Waals surface area contributed by atoms with Crippen LogP contribution in [0.2, 0.25) is 0 Å². The third kappa shape index (κ3) is 3.20. The first-order valence-electron chi connectivity index (χ1n) is 4.66. The van der Waals surface area contributed by atoms with Crippen molar-refractivity contribution in [2.24, 2.45) is 0 Å². The second kappa shape index (κ2) is 5.37. The van der Waals surface area contributed by atoms with Crippen LogP contribution in [0.5, 0.6) is 5.75 Å². The van der Waals surface area contributed by atoms with Gasteiger partial charge in [0.15, 0.2) is 5.75 Å². The lowest BCUT2D eigenvalue weighted by atomic mass is 10.3. The van der Waals surface area contributed by atoms with E-state index in [0.717, 1.165) is 9.35 Å². The van der Waals surface area contributed by atoms with E-state index in [1.165, 1.54) is 12.1 Å². The lowest BCUT2D eigenvalue weighted by Crippen LogP contribution is -1.99. The molecule has 0 bridgehead atoms. The Labute approximate surface area is 119 Å². The van der Waals surface area contributed by atoms with Crippen molar-refractivity contribution in [1.29, 1.82) is 0 Å². The topological polar surface area (TPSA) is 35.2 Å². The Morgan fingerprint density at radius 2 is 2.06 bits per heavy atom. The average molecular weight is 381 g/mol. The van der Waals surface area contributed by atoms with Crippen molar-refractivity contribution in [3.63, 3.8) is 0 Å². The molecule has 1 heterocycles. The first kappa shape index (κ1) is 12.9. The summed E-state index contributed by atoms with van der Waals surface area (Å²) in [4.78, 5) is 1.06. The van der Waals surface area contributed by atoms with Crippen molar-refractivity contribution in [3.05, 3.63) is 43.2 Å². The lowest BCUT2D eigenvalue weighted by Gasteiger charge is -2.10. The summed E-state index contributed by atoms with van der Waals surface area (Å²) in [6, 6.07) is 4.54. The molecule has 2 aromatic rings. The van der Waals surface area contributed by atoms with Crippen LogP contribution < -0.4 is 10.5 Å². The summed E-state index contributed by atoms with van der Waals surface area (Å²) in [7, 11) is 0. The summed E-state index contributed by atoms with van der Waals surface area (Å²) in [5, 5.41) is 1.97. The Balaban J connectivity index is 2.14. The number of hydrogen-bond acceptors (Lipinski definition) is 3. The van der Waals surface area contributed by atoms with Gasteiger partial charge in [-0.25, -0.2) is 4.39 Å². The molecule has 0 amide bonds. The summed E-state index contributed by atoms with van der Waals surface area (Å²) in [5.41, 5.74) is 5.98. The summed E-state index contributed by atoms with van der Waals surface area (Å²) in [6.07, 6.45) is 0. The first-order chi connectivity index (χ1) is 8.06. The summed E-state index contributed by atoms with van der Waals surface area (Å²) < 4.78 is 20.1. The molecule has 6 heteroatoms. The van der Waals surface area contributed by atoms with Crippen molar-refractivity contribution in [3.8, 4) is 5.75 Å². The molecule has 0 aliphatic rings. The van der Waals surface area contributed by atoms with Crippen molar-refractivity contribution in [2.45, 2.75) is 6.61 Å². The SMILES string of the molecule is Nc1cc(F)cc(Br)c1OCc1cc(Br)cs1.